The fraction of sp³-hybridized carbons (Fsp3) is 0.444. The number of rotatable bonds is 9. The predicted molar refractivity (Wildman–Crippen MR) is 144 cm³/mol. The lowest BCUT2D eigenvalue weighted by Gasteiger charge is -2.38. The molecular formula is C27H34F2N4O3S. The minimum Gasteiger partial charge on any atom is -0.380 e. The van der Waals surface area contributed by atoms with Crippen LogP contribution in [0.25, 0.3) is 11.0 Å². The quantitative estimate of drug-likeness (QED) is 0.426. The third-order valence-corrected chi connectivity index (χ3v) is 7.07. The van der Waals surface area contributed by atoms with Crippen LogP contribution >= 0.6 is 13.5 Å². The first kappa shape index (κ1) is 28.6. The first-order chi connectivity index (χ1) is 17.2. The van der Waals surface area contributed by atoms with Gasteiger partial charge >= 0.3 is 0 Å². The lowest BCUT2D eigenvalue weighted by Crippen LogP contribution is -2.51. The average Bonchev–Trinajstić information content (AvgIpc) is 3.22. The van der Waals surface area contributed by atoms with Crippen LogP contribution in [0.3, 0.4) is 0 Å². The third-order valence-electron chi connectivity index (χ3n) is 7.07. The zero-order chi connectivity index (χ0) is 25.8. The minimum absolute atomic E-state index is 0. The minimum atomic E-state index is -0.986. The summed E-state index contributed by atoms with van der Waals surface area (Å²) in [6, 6.07) is 8.66. The number of hydrogen-bond acceptors (Lipinski definition) is 6. The molecule has 0 aliphatic carbocycles. The van der Waals surface area contributed by atoms with Crippen molar-refractivity contribution in [2.24, 2.45) is 0 Å². The topological polar surface area (TPSA) is 101 Å². The van der Waals surface area contributed by atoms with E-state index < -0.39 is 17.7 Å². The molecule has 0 radical (unpaired) electrons. The van der Waals surface area contributed by atoms with Crippen LogP contribution in [0.1, 0.15) is 50.7 Å². The van der Waals surface area contributed by atoms with Gasteiger partial charge in [-0.05, 0) is 74.9 Å². The van der Waals surface area contributed by atoms with Crippen molar-refractivity contribution in [3.8, 4) is 0 Å². The summed E-state index contributed by atoms with van der Waals surface area (Å²) in [5, 5.41) is 7.31. The first-order valence-corrected chi connectivity index (χ1v) is 12.4. The number of piperidine rings is 1. The fourth-order valence-corrected chi connectivity index (χ4v) is 4.94. The number of nitrogens with one attached hydrogen (secondary N) is 1. The standard InChI is InChI=1S/C27H32F2N4O3.H2S/c1-16-4-3-5-17(2)33(16)15-26(35)31-23(13-19-7-10-21(28)22(29)12-19)24(34)11-8-18-6-9-20-25(14-18)36-32-27(20)30;/h6-7,9-10,12,14,16-17,23H,3-5,8,11,13,15H2,1-2H3,(H2,30,32)(H,31,35);1H2/t16-,17+,23-;/m0./s1. The van der Waals surface area contributed by atoms with Crippen LogP contribution < -0.4 is 11.1 Å². The molecule has 0 spiro atoms. The summed E-state index contributed by atoms with van der Waals surface area (Å²) < 4.78 is 32.4. The molecule has 3 aromatic rings. The normalized spacial score (nSPS) is 18.8. The molecule has 1 amide bonds. The number of fused-ring (bicyclic) bond motifs is 1. The molecule has 1 saturated heterocycles. The summed E-state index contributed by atoms with van der Waals surface area (Å²) in [5.74, 6) is -2.08. The van der Waals surface area contributed by atoms with E-state index in [0.717, 1.165) is 37.0 Å². The van der Waals surface area contributed by atoms with Gasteiger partial charge in [-0.1, -0.05) is 23.7 Å². The van der Waals surface area contributed by atoms with Crippen molar-refractivity contribution in [2.75, 3.05) is 12.3 Å². The van der Waals surface area contributed by atoms with Crippen LogP contribution in [-0.4, -0.2) is 46.4 Å². The molecule has 10 heteroatoms. The largest absolute Gasteiger partial charge is 0.380 e. The number of nitrogens with two attached hydrogens (primary N) is 1. The highest BCUT2D eigenvalue weighted by molar-refractivity contribution is 7.59. The predicted octanol–water partition coefficient (Wildman–Crippen LogP) is 4.29. The van der Waals surface area contributed by atoms with E-state index in [0.29, 0.717) is 28.8 Å². The van der Waals surface area contributed by atoms with Gasteiger partial charge < -0.3 is 15.6 Å². The van der Waals surface area contributed by atoms with Gasteiger partial charge in [0.15, 0.2) is 28.8 Å². The number of aromatic nitrogens is 1. The van der Waals surface area contributed by atoms with Crippen molar-refractivity contribution in [3.05, 3.63) is 59.2 Å². The highest BCUT2D eigenvalue weighted by atomic mass is 32.1. The molecule has 0 saturated carbocycles. The number of ketones is 1. The number of nitrogens with zero attached hydrogens (tertiary/aromatic N) is 2. The number of halogens is 2. The average molecular weight is 533 g/mol. The van der Waals surface area contributed by atoms with Gasteiger partial charge in [0.05, 0.1) is 18.0 Å². The Morgan fingerprint density at radius 3 is 2.51 bits per heavy atom. The Labute approximate surface area is 222 Å². The van der Waals surface area contributed by atoms with E-state index in [2.05, 4.69) is 29.2 Å². The Bertz CT molecular complexity index is 1240. The molecule has 3 N–H and O–H groups in total. The van der Waals surface area contributed by atoms with Crippen molar-refractivity contribution < 1.29 is 22.9 Å². The van der Waals surface area contributed by atoms with Crippen molar-refractivity contribution in [2.45, 2.75) is 70.5 Å². The van der Waals surface area contributed by atoms with Crippen LogP contribution in [0.15, 0.2) is 40.9 Å². The second-order valence-corrected chi connectivity index (χ2v) is 9.74. The molecule has 1 aliphatic heterocycles. The first-order valence-electron chi connectivity index (χ1n) is 12.4. The Hall–Kier alpha value is -2.98. The van der Waals surface area contributed by atoms with E-state index in [1.807, 2.05) is 6.07 Å². The molecule has 1 aliphatic rings. The van der Waals surface area contributed by atoms with Gasteiger partial charge in [0.25, 0.3) is 0 Å². The van der Waals surface area contributed by atoms with Crippen LogP contribution in [-0.2, 0) is 22.4 Å². The van der Waals surface area contributed by atoms with Crippen LogP contribution in [0.4, 0.5) is 14.6 Å². The van der Waals surface area contributed by atoms with Gasteiger partial charge in [-0.2, -0.15) is 13.5 Å². The molecule has 1 aromatic heterocycles. The van der Waals surface area contributed by atoms with E-state index in [-0.39, 0.29) is 56.7 Å². The van der Waals surface area contributed by atoms with Crippen molar-refractivity contribution in [1.29, 1.82) is 0 Å². The van der Waals surface area contributed by atoms with Gasteiger partial charge in [0, 0.05) is 18.5 Å². The highest BCUT2D eigenvalue weighted by Gasteiger charge is 2.28. The summed E-state index contributed by atoms with van der Waals surface area (Å²) in [6.07, 6.45) is 3.82. The maximum atomic E-state index is 13.8. The molecular weight excluding hydrogens is 498 g/mol. The van der Waals surface area contributed by atoms with Gasteiger partial charge in [-0.15, -0.1) is 0 Å². The molecule has 7 nitrogen and oxygen atoms in total. The molecule has 3 atom stereocenters. The fourth-order valence-electron chi connectivity index (χ4n) is 4.94. The number of Topliss-reactive ketones (excluding diaryl/α,β-unsaturated/α-hetero) is 1. The third kappa shape index (κ3) is 7.07. The molecule has 200 valence electrons. The number of likely N-dealkylation sites (tertiary alicyclic amines) is 1. The molecule has 1 fully saturated rings. The zero-order valence-corrected chi connectivity index (χ0v) is 22.1. The number of anilines is 1. The Balaban J connectivity index is 0.00000380. The van der Waals surface area contributed by atoms with Crippen molar-refractivity contribution >= 4 is 42.0 Å². The van der Waals surface area contributed by atoms with E-state index in [9.17, 15) is 18.4 Å². The summed E-state index contributed by atoms with van der Waals surface area (Å²) in [7, 11) is 0. The van der Waals surface area contributed by atoms with Gasteiger partial charge in [-0.25, -0.2) is 8.78 Å². The second-order valence-electron chi connectivity index (χ2n) is 9.74. The van der Waals surface area contributed by atoms with Crippen LogP contribution in [0, 0.1) is 11.6 Å². The van der Waals surface area contributed by atoms with E-state index >= 15 is 0 Å². The number of carbonyl (C=O) groups is 2. The molecule has 0 unspecified atom stereocenters. The number of nitrogen functional groups attached to an aromatic ring is 1. The Morgan fingerprint density at radius 2 is 1.81 bits per heavy atom. The summed E-state index contributed by atoms with van der Waals surface area (Å²) >= 11 is 0. The molecule has 0 bridgehead atoms. The maximum absolute atomic E-state index is 13.8. The molecule has 2 aromatic carbocycles. The summed E-state index contributed by atoms with van der Waals surface area (Å²) in [6.45, 7) is 4.39. The monoisotopic (exact) mass is 532 g/mol. The number of hydrogen-bond donors (Lipinski definition) is 2. The molecule has 4 rings (SSSR count). The van der Waals surface area contributed by atoms with Gasteiger partial charge in [0.1, 0.15) is 0 Å². The van der Waals surface area contributed by atoms with E-state index in [4.69, 9.17) is 10.3 Å². The van der Waals surface area contributed by atoms with Gasteiger partial charge in [0.2, 0.25) is 5.91 Å². The summed E-state index contributed by atoms with van der Waals surface area (Å²) in [4.78, 5) is 28.4. The second kappa shape index (κ2) is 12.5. The number of carbonyl (C=O) groups excluding carboxylic acids is 2. The number of benzene rings is 2. The maximum Gasteiger partial charge on any atom is 0.234 e. The van der Waals surface area contributed by atoms with E-state index in [1.165, 1.54) is 6.07 Å². The lowest BCUT2D eigenvalue weighted by atomic mass is 9.96. The smallest absolute Gasteiger partial charge is 0.234 e. The molecule has 37 heavy (non-hydrogen) atoms. The summed E-state index contributed by atoms with van der Waals surface area (Å²) in [5.41, 5.74) is 7.59. The van der Waals surface area contributed by atoms with Crippen LogP contribution in [0.2, 0.25) is 0 Å². The van der Waals surface area contributed by atoms with Gasteiger partial charge in [-0.3, -0.25) is 14.5 Å². The van der Waals surface area contributed by atoms with Crippen LogP contribution in [0.5, 0.6) is 0 Å². The van der Waals surface area contributed by atoms with Crippen molar-refractivity contribution in [1.82, 2.24) is 15.4 Å². The van der Waals surface area contributed by atoms with Crippen molar-refractivity contribution in [3.63, 3.8) is 0 Å². The highest BCUT2D eigenvalue weighted by Crippen LogP contribution is 2.23. The number of aryl methyl sites for hydroxylation is 1. The Kier molecular flexibility index (Phi) is 9.67. The SMILES string of the molecule is C[C@@H]1CCC[C@H](C)N1CC(=O)N[C@@H](Cc1ccc(F)c(F)c1)C(=O)CCc1ccc2c(N)noc2c1.S. The molecule has 2 heterocycles. The lowest BCUT2D eigenvalue weighted by molar-refractivity contribution is -0.129. The zero-order valence-electron chi connectivity index (χ0n) is 21.1. The van der Waals surface area contributed by atoms with E-state index in [1.54, 1.807) is 12.1 Å². The number of amides is 1. The Morgan fingerprint density at radius 1 is 1.11 bits per heavy atom.